The molecule has 0 bridgehead atoms. The van der Waals surface area contributed by atoms with E-state index in [1.54, 1.807) is 6.33 Å². The second-order valence-corrected chi connectivity index (χ2v) is 4.36. The minimum Gasteiger partial charge on any atom is -0.373 e. The number of anilines is 2. The molecule has 0 atom stereocenters. The third kappa shape index (κ3) is 3.71. The standard InChI is InChI=1S/C10H19N5/c1-10(2,11)6-15(4)9-5-8(12-3)13-7-14-9/h5,7H,6,11H2,1-4H3,(H,12,13,14). The lowest BCUT2D eigenvalue weighted by Gasteiger charge is -2.27. The van der Waals surface area contributed by atoms with Gasteiger partial charge >= 0.3 is 0 Å². The molecule has 1 aromatic rings. The fourth-order valence-electron chi connectivity index (χ4n) is 1.38. The van der Waals surface area contributed by atoms with Crippen molar-refractivity contribution in [1.82, 2.24) is 9.97 Å². The van der Waals surface area contributed by atoms with Gasteiger partial charge < -0.3 is 16.0 Å². The summed E-state index contributed by atoms with van der Waals surface area (Å²) in [5, 5.41) is 2.98. The lowest BCUT2D eigenvalue weighted by Crippen LogP contribution is -2.44. The summed E-state index contributed by atoms with van der Waals surface area (Å²) in [7, 11) is 3.80. The monoisotopic (exact) mass is 209 g/mol. The van der Waals surface area contributed by atoms with E-state index in [1.807, 2.05) is 38.9 Å². The van der Waals surface area contributed by atoms with E-state index >= 15 is 0 Å². The van der Waals surface area contributed by atoms with Gasteiger partial charge in [0.15, 0.2) is 0 Å². The Labute approximate surface area is 90.7 Å². The zero-order valence-electron chi connectivity index (χ0n) is 9.78. The minimum atomic E-state index is -0.237. The van der Waals surface area contributed by atoms with Crippen LogP contribution in [0.25, 0.3) is 0 Å². The van der Waals surface area contributed by atoms with Crippen molar-refractivity contribution in [3.05, 3.63) is 12.4 Å². The number of nitrogens with one attached hydrogen (secondary N) is 1. The van der Waals surface area contributed by atoms with Gasteiger partial charge in [-0.25, -0.2) is 9.97 Å². The molecule has 0 aliphatic rings. The zero-order chi connectivity index (χ0) is 11.5. The molecule has 5 heteroatoms. The first-order valence-electron chi connectivity index (χ1n) is 4.92. The largest absolute Gasteiger partial charge is 0.373 e. The van der Waals surface area contributed by atoms with Crippen molar-refractivity contribution in [2.24, 2.45) is 5.73 Å². The number of hydrogen-bond donors (Lipinski definition) is 2. The molecule has 1 rings (SSSR count). The van der Waals surface area contributed by atoms with Crippen LogP contribution in [0.15, 0.2) is 12.4 Å². The summed E-state index contributed by atoms with van der Waals surface area (Å²) >= 11 is 0. The topological polar surface area (TPSA) is 67.1 Å². The van der Waals surface area contributed by atoms with E-state index in [1.165, 1.54) is 0 Å². The molecule has 84 valence electrons. The number of likely N-dealkylation sites (N-methyl/N-ethyl adjacent to an activating group) is 1. The maximum absolute atomic E-state index is 5.94. The van der Waals surface area contributed by atoms with Gasteiger partial charge in [0.25, 0.3) is 0 Å². The highest BCUT2D eigenvalue weighted by Gasteiger charge is 2.15. The molecule has 0 aliphatic carbocycles. The van der Waals surface area contributed by atoms with Crippen molar-refractivity contribution in [3.8, 4) is 0 Å². The summed E-state index contributed by atoms with van der Waals surface area (Å²) in [6.45, 7) is 4.72. The molecule has 3 N–H and O–H groups in total. The Balaban J connectivity index is 2.77. The minimum absolute atomic E-state index is 0.237. The molecule has 0 amide bonds. The maximum Gasteiger partial charge on any atom is 0.133 e. The van der Waals surface area contributed by atoms with E-state index in [2.05, 4.69) is 15.3 Å². The summed E-state index contributed by atoms with van der Waals surface area (Å²) in [5.74, 6) is 1.68. The molecule has 5 nitrogen and oxygen atoms in total. The molecule has 0 radical (unpaired) electrons. The SMILES string of the molecule is CNc1cc(N(C)CC(C)(C)N)ncn1. The van der Waals surface area contributed by atoms with Crippen molar-refractivity contribution >= 4 is 11.6 Å². The molecule has 0 saturated heterocycles. The number of hydrogen-bond acceptors (Lipinski definition) is 5. The van der Waals surface area contributed by atoms with E-state index in [9.17, 15) is 0 Å². The van der Waals surface area contributed by atoms with Crippen LogP contribution in [0.3, 0.4) is 0 Å². The number of nitrogens with two attached hydrogens (primary N) is 1. The third-order valence-corrected chi connectivity index (χ3v) is 1.94. The van der Waals surface area contributed by atoms with Crippen LogP contribution in [-0.4, -0.2) is 36.1 Å². The molecular weight excluding hydrogens is 190 g/mol. The molecular formula is C10H19N5. The van der Waals surface area contributed by atoms with Crippen LogP contribution in [0.1, 0.15) is 13.8 Å². The number of rotatable bonds is 4. The Morgan fingerprint density at radius 1 is 1.47 bits per heavy atom. The summed E-state index contributed by atoms with van der Waals surface area (Å²) < 4.78 is 0. The van der Waals surface area contributed by atoms with Crippen molar-refractivity contribution < 1.29 is 0 Å². The second kappa shape index (κ2) is 4.44. The summed E-state index contributed by atoms with van der Waals surface area (Å²) in [5.41, 5.74) is 5.71. The van der Waals surface area contributed by atoms with Crippen LogP contribution in [0, 0.1) is 0 Å². The van der Waals surface area contributed by atoms with Crippen LogP contribution in [0.5, 0.6) is 0 Å². The molecule has 0 spiro atoms. The van der Waals surface area contributed by atoms with Gasteiger partial charge in [-0.15, -0.1) is 0 Å². The Kier molecular flexibility index (Phi) is 3.47. The molecule has 1 aromatic heterocycles. The second-order valence-electron chi connectivity index (χ2n) is 4.36. The van der Waals surface area contributed by atoms with E-state index in [4.69, 9.17) is 5.73 Å². The van der Waals surface area contributed by atoms with Crippen LogP contribution in [-0.2, 0) is 0 Å². The van der Waals surface area contributed by atoms with Gasteiger partial charge in [-0.05, 0) is 13.8 Å². The average molecular weight is 209 g/mol. The van der Waals surface area contributed by atoms with Crippen molar-refractivity contribution in [3.63, 3.8) is 0 Å². The van der Waals surface area contributed by atoms with E-state index < -0.39 is 0 Å². The molecule has 0 fully saturated rings. The van der Waals surface area contributed by atoms with Crippen LogP contribution in [0.4, 0.5) is 11.6 Å². The Hall–Kier alpha value is -1.36. The third-order valence-electron chi connectivity index (χ3n) is 1.94. The lowest BCUT2D eigenvalue weighted by atomic mass is 10.1. The normalized spacial score (nSPS) is 11.3. The van der Waals surface area contributed by atoms with Gasteiger partial charge in [-0.2, -0.15) is 0 Å². The Morgan fingerprint density at radius 3 is 2.67 bits per heavy atom. The first kappa shape index (κ1) is 11.7. The zero-order valence-corrected chi connectivity index (χ0v) is 9.78. The fraction of sp³-hybridized carbons (Fsp3) is 0.600. The first-order chi connectivity index (χ1) is 6.92. The van der Waals surface area contributed by atoms with Gasteiger partial charge in [0, 0.05) is 32.2 Å². The van der Waals surface area contributed by atoms with Gasteiger partial charge in [0.05, 0.1) is 0 Å². The quantitative estimate of drug-likeness (QED) is 0.763. The molecule has 0 aliphatic heterocycles. The van der Waals surface area contributed by atoms with Crippen molar-refractivity contribution in [2.45, 2.75) is 19.4 Å². The Bertz CT molecular complexity index is 318. The highest BCUT2D eigenvalue weighted by Crippen LogP contribution is 2.13. The number of nitrogens with zero attached hydrogens (tertiary/aromatic N) is 3. The first-order valence-corrected chi connectivity index (χ1v) is 4.92. The summed E-state index contributed by atoms with van der Waals surface area (Å²) in [6, 6.07) is 1.89. The fourth-order valence-corrected chi connectivity index (χ4v) is 1.38. The van der Waals surface area contributed by atoms with Crippen LogP contribution in [0.2, 0.25) is 0 Å². The van der Waals surface area contributed by atoms with Crippen molar-refractivity contribution in [1.29, 1.82) is 0 Å². The molecule has 15 heavy (non-hydrogen) atoms. The average Bonchev–Trinajstić information content (AvgIpc) is 2.15. The smallest absolute Gasteiger partial charge is 0.133 e. The lowest BCUT2D eigenvalue weighted by molar-refractivity contribution is 0.517. The predicted octanol–water partition coefficient (Wildman–Crippen LogP) is 0.692. The van der Waals surface area contributed by atoms with E-state index in [0.717, 1.165) is 18.2 Å². The van der Waals surface area contributed by atoms with E-state index in [0.29, 0.717) is 0 Å². The molecule has 0 aromatic carbocycles. The molecule has 0 unspecified atom stereocenters. The van der Waals surface area contributed by atoms with Gasteiger partial charge in [0.1, 0.15) is 18.0 Å². The summed E-state index contributed by atoms with van der Waals surface area (Å²) in [6.07, 6.45) is 1.54. The van der Waals surface area contributed by atoms with Gasteiger partial charge in [-0.1, -0.05) is 0 Å². The highest BCUT2D eigenvalue weighted by molar-refractivity contribution is 5.47. The maximum atomic E-state index is 5.94. The number of aromatic nitrogens is 2. The van der Waals surface area contributed by atoms with E-state index in [-0.39, 0.29) is 5.54 Å². The summed E-state index contributed by atoms with van der Waals surface area (Å²) in [4.78, 5) is 10.3. The van der Waals surface area contributed by atoms with Crippen LogP contribution < -0.4 is 16.0 Å². The predicted molar refractivity (Wildman–Crippen MR) is 63.1 cm³/mol. The highest BCUT2D eigenvalue weighted by atomic mass is 15.2. The van der Waals surface area contributed by atoms with Crippen LogP contribution >= 0.6 is 0 Å². The Morgan fingerprint density at radius 2 is 2.13 bits per heavy atom. The van der Waals surface area contributed by atoms with Gasteiger partial charge in [-0.3, -0.25) is 0 Å². The molecule has 0 saturated carbocycles. The van der Waals surface area contributed by atoms with Gasteiger partial charge in [0.2, 0.25) is 0 Å². The molecule has 1 heterocycles. The van der Waals surface area contributed by atoms with Crippen molar-refractivity contribution in [2.75, 3.05) is 30.9 Å².